The number of nitro benzene ring substituents is 1. The fourth-order valence-electron chi connectivity index (χ4n) is 1.90. The van der Waals surface area contributed by atoms with Crippen LogP contribution in [0.25, 0.3) is 0 Å². The summed E-state index contributed by atoms with van der Waals surface area (Å²) < 4.78 is 33.2. The number of carboxylic acid groups (broad SMARTS) is 1. The molecule has 178 valence electrons. The standard InChI is InChI=1S/C14H10N2O8S.6H2O.Sr/c17-13(8-2-1-3-11(5-8)16(20)21)15-10-4-9(14(18)19)6-12(7-10)25(22,23)24;;;;;;;/h1-7H,(H,15,17)(H,18,19)(H,22,23,24);6*1H2;/q;;;;;;;+2/p-2. The molecule has 0 aromatic heterocycles. The zero-order chi connectivity index (χ0) is 18.8. The number of anilines is 1. The van der Waals surface area contributed by atoms with Gasteiger partial charge < -0.3 is 52.6 Å². The molecule has 2 aromatic rings. The Balaban J connectivity index is -0.000000241. The maximum atomic E-state index is 12.1. The van der Waals surface area contributed by atoms with Gasteiger partial charge in [0.2, 0.25) is 0 Å². The minimum absolute atomic E-state index is 0. The Morgan fingerprint density at radius 2 is 1.41 bits per heavy atom. The number of benzene rings is 2. The second-order valence-corrected chi connectivity index (χ2v) is 6.13. The van der Waals surface area contributed by atoms with Crippen LogP contribution in [0, 0.1) is 10.1 Å². The van der Waals surface area contributed by atoms with E-state index in [9.17, 15) is 37.8 Å². The molecule has 18 heteroatoms. The van der Waals surface area contributed by atoms with Crippen LogP contribution in [0.3, 0.4) is 0 Å². The van der Waals surface area contributed by atoms with Crippen LogP contribution in [0.4, 0.5) is 11.4 Å². The first-order valence-corrected chi connectivity index (χ1v) is 7.87. The summed E-state index contributed by atoms with van der Waals surface area (Å²) in [6.45, 7) is 0. The molecule has 0 atom stereocenters. The number of hydrogen-bond acceptors (Lipinski definition) is 8. The van der Waals surface area contributed by atoms with E-state index in [0.717, 1.165) is 24.3 Å². The number of hydrogen-bond donors (Lipinski definition) is 1. The van der Waals surface area contributed by atoms with Crippen LogP contribution < -0.4 is 10.4 Å². The number of rotatable bonds is 5. The van der Waals surface area contributed by atoms with Gasteiger partial charge in [-0.3, -0.25) is 14.9 Å². The van der Waals surface area contributed by atoms with Crippen molar-refractivity contribution in [3.8, 4) is 0 Å². The van der Waals surface area contributed by atoms with Gasteiger partial charge in [0.05, 0.1) is 15.8 Å². The number of amides is 1. The number of aromatic carboxylic acids is 1. The summed E-state index contributed by atoms with van der Waals surface area (Å²) >= 11 is 0. The molecule has 0 radical (unpaired) electrons. The largest absolute Gasteiger partial charge is 2.00 e. The second-order valence-electron chi connectivity index (χ2n) is 4.75. The van der Waals surface area contributed by atoms with Crippen LogP contribution in [0.1, 0.15) is 20.7 Å². The Hall–Kier alpha value is -2.07. The molecule has 1 amide bonds. The average Bonchev–Trinajstić information content (AvgIpc) is 2.53. The fraction of sp³-hybridized carbons (Fsp3) is 0. The van der Waals surface area contributed by atoms with Crippen molar-refractivity contribution in [2.75, 3.05) is 5.32 Å². The van der Waals surface area contributed by atoms with Crippen molar-refractivity contribution < 1.29 is 65.4 Å². The van der Waals surface area contributed by atoms with E-state index in [1.807, 2.05) is 0 Å². The van der Waals surface area contributed by atoms with Gasteiger partial charge in [-0.15, -0.1) is 0 Å². The molecule has 0 aliphatic rings. The number of carboxylic acids is 1. The van der Waals surface area contributed by atoms with Gasteiger partial charge in [-0.25, -0.2) is 8.42 Å². The van der Waals surface area contributed by atoms with Crippen LogP contribution in [-0.2, 0) is 10.1 Å². The van der Waals surface area contributed by atoms with Gasteiger partial charge in [0.25, 0.3) is 11.6 Å². The van der Waals surface area contributed by atoms with E-state index in [4.69, 9.17) is 0 Å². The third-order valence-electron chi connectivity index (χ3n) is 3.01. The quantitative estimate of drug-likeness (QED) is 0.159. The predicted octanol–water partition coefficient (Wildman–Crippen LogP) is -5.21. The fourth-order valence-corrected chi connectivity index (χ4v) is 2.44. The van der Waals surface area contributed by atoms with Gasteiger partial charge in [-0.1, -0.05) is 6.07 Å². The molecule has 0 bridgehead atoms. The van der Waals surface area contributed by atoms with Gasteiger partial charge in [-0.05, 0) is 24.3 Å². The van der Waals surface area contributed by atoms with Crippen molar-refractivity contribution in [3.05, 3.63) is 63.7 Å². The first-order valence-electron chi connectivity index (χ1n) is 6.46. The molecule has 2 rings (SSSR count). The van der Waals surface area contributed by atoms with Crippen LogP contribution in [0.15, 0.2) is 47.4 Å². The summed E-state index contributed by atoms with van der Waals surface area (Å²) in [4.78, 5) is 32.1. The topological polar surface area (TPSA) is 359 Å². The molecular weight excluding hydrogens is 540 g/mol. The van der Waals surface area contributed by atoms with E-state index in [1.165, 1.54) is 12.1 Å². The normalized spacial score (nSPS) is 8.53. The zero-order valence-corrected chi connectivity index (χ0v) is 20.2. The molecule has 0 spiro atoms. The number of nitrogens with one attached hydrogen (secondary N) is 1. The summed E-state index contributed by atoms with van der Waals surface area (Å²) in [5.41, 5.74) is -1.41. The molecule has 16 nitrogen and oxygen atoms in total. The smallest absolute Gasteiger partial charge is 0.744 e. The molecule has 0 aliphatic carbocycles. The zero-order valence-electron chi connectivity index (χ0n) is 15.9. The summed E-state index contributed by atoms with van der Waals surface area (Å²) in [5, 5.41) is 23.8. The number of carbonyl (C=O) groups is 2. The molecule has 0 saturated carbocycles. The van der Waals surface area contributed by atoms with E-state index >= 15 is 0 Å². The number of nitrogens with zero attached hydrogens (tertiary/aromatic N) is 1. The third kappa shape index (κ3) is 11.5. The van der Waals surface area contributed by atoms with Crippen molar-refractivity contribution in [1.82, 2.24) is 0 Å². The molecule has 0 heterocycles. The van der Waals surface area contributed by atoms with E-state index in [0.29, 0.717) is 6.07 Å². The van der Waals surface area contributed by atoms with Gasteiger partial charge in [0.15, 0.2) is 0 Å². The van der Waals surface area contributed by atoms with Crippen molar-refractivity contribution in [2.24, 2.45) is 0 Å². The van der Waals surface area contributed by atoms with Gasteiger partial charge in [-0.2, -0.15) is 0 Å². The number of nitro groups is 1. The van der Waals surface area contributed by atoms with Crippen LogP contribution in [0.2, 0.25) is 0 Å². The molecule has 32 heavy (non-hydrogen) atoms. The Labute approximate surface area is 216 Å². The summed E-state index contributed by atoms with van der Waals surface area (Å²) in [5.74, 6) is -2.62. The van der Waals surface area contributed by atoms with Crippen molar-refractivity contribution in [2.45, 2.75) is 4.90 Å². The molecular formula is C14H20N2O14SSr. The summed E-state index contributed by atoms with van der Waals surface area (Å²) in [6.07, 6.45) is 0. The molecule has 0 saturated heterocycles. The first kappa shape index (κ1) is 43.7. The van der Waals surface area contributed by atoms with Gasteiger partial charge >= 0.3 is 45.5 Å². The number of non-ortho nitro benzene ring substituents is 1. The van der Waals surface area contributed by atoms with Gasteiger partial charge in [0.1, 0.15) is 10.1 Å². The van der Waals surface area contributed by atoms with Crippen LogP contribution >= 0.6 is 0 Å². The average molecular weight is 560 g/mol. The van der Waals surface area contributed by atoms with Crippen LogP contribution in [-0.4, -0.2) is 108 Å². The van der Waals surface area contributed by atoms with Crippen molar-refractivity contribution >= 4 is 78.9 Å². The molecule has 0 fully saturated rings. The maximum Gasteiger partial charge on any atom is 2.00 e. The Bertz CT molecular complexity index is 999. The summed E-state index contributed by atoms with van der Waals surface area (Å²) in [7, 11) is -4.98. The third-order valence-corrected chi connectivity index (χ3v) is 3.82. The predicted molar refractivity (Wildman–Crippen MR) is 107 cm³/mol. The minimum Gasteiger partial charge on any atom is -0.744 e. The van der Waals surface area contributed by atoms with E-state index in [-0.39, 0.29) is 95.3 Å². The first-order chi connectivity index (χ1) is 11.6. The van der Waals surface area contributed by atoms with Crippen LogP contribution in [0.5, 0.6) is 0 Å². The molecule has 13 N–H and O–H groups in total. The van der Waals surface area contributed by atoms with Gasteiger partial charge in [0, 0.05) is 28.9 Å². The van der Waals surface area contributed by atoms with Crippen molar-refractivity contribution in [1.29, 1.82) is 0 Å². The second kappa shape index (κ2) is 17.5. The van der Waals surface area contributed by atoms with E-state index in [2.05, 4.69) is 5.32 Å². The molecule has 2 aromatic carbocycles. The maximum absolute atomic E-state index is 12.1. The summed E-state index contributed by atoms with van der Waals surface area (Å²) in [6, 6.07) is 6.91. The Morgan fingerprint density at radius 1 is 0.875 bits per heavy atom. The SMILES string of the molecule is O.O.O.O.O.O.O=C([O-])c1cc(NC(=O)c2cccc([N+](=O)[O-])c2)cc(S(=O)(=O)[O-])c1.[Sr+2]. The Kier molecular flexibility index (Phi) is 23.9. The molecule has 0 aliphatic heterocycles. The number of carbonyl (C=O) groups excluding carboxylic acids is 2. The van der Waals surface area contributed by atoms with E-state index in [1.54, 1.807) is 0 Å². The Morgan fingerprint density at radius 3 is 1.84 bits per heavy atom. The van der Waals surface area contributed by atoms with E-state index < -0.39 is 37.4 Å². The van der Waals surface area contributed by atoms with Crippen molar-refractivity contribution in [3.63, 3.8) is 0 Å². The molecule has 0 unspecified atom stereocenters. The minimum atomic E-state index is -4.98. The monoisotopic (exact) mass is 560 g/mol.